The molecule has 5 heteroatoms. The fourth-order valence-electron chi connectivity index (χ4n) is 1.82. The summed E-state index contributed by atoms with van der Waals surface area (Å²) in [5, 5.41) is 1.97. The summed E-state index contributed by atoms with van der Waals surface area (Å²) in [4.78, 5) is 8.88. The van der Waals surface area contributed by atoms with Crippen LogP contribution in [0, 0.1) is 3.57 Å². The Hall–Kier alpha value is -0.910. The van der Waals surface area contributed by atoms with Crippen molar-refractivity contribution < 1.29 is 0 Å². The van der Waals surface area contributed by atoms with E-state index < -0.39 is 0 Å². The molecular weight excluding hydrogens is 394 g/mol. The molecule has 0 spiro atoms. The van der Waals surface area contributed by atoms with Crippen LogP contribution in [0.15, 0.2) is 42.5 Å². The van der Waals surface area contributed by atoms with Crippen molar-refractivity contribution in [2.75, 3.05) is 0 Å². The minimum atomic E-state index is 0.457. The Balaban J connectivity index is 2.24. The maximum absolute atomic E-state index is 6.24. The SMILES string of the molecule is Clc1cccc(-c2nc(Cl)c3cc(I)ccc3n2)c1. The highest BCUT2D eigenvalue weighted by Crippen LogP contribution is 2.27. The standard InChI is InChI=1S/C14H7Cl2IN2/c15-9-3-1-2-8(6-9)14-18-12-5-4-10(17)7-11(12)13(16)19-14/h1-7H. The van der Waals surface area contributed by atoms with Crippen LogP contribution in [-0.2, 0) is 0 Å². The van der Waals surface area contributed by atoms with Crippen molar-refractivity contribution in [3.63, 3.8) is 0 Å². The highest BCUT2D eigenvalue weighted by atomic mass is 127. The molecule has 3 aromatic rings. The largest absolute Gasteiger partial charge is 0.228 e. The van der Waals surface area contributed by atoms with Gasteiger partial charge in [-0.1, -0.05) is 35.3 Å². The van der Waals surface area contributed by atoms with Gasteiger partial charge in [0.2, 0.25) is 0 Å². The smallest absolute Gasteiger partial charge is 0.161 e. The lowest BCUT2D eigenvalue weighted by Crippen LogP contribution is -1.92. The number of benzene rings is 2. The first-order valence-corrected chi connectivity index (χ1v) is 7.36. The number of halogens is 3. The van der Waals surface area contributed by atoms with E-state index in [9.17, 15) is 0 Å². The highest BCUT2D eigenvalue weighted by molar-refractivity contribution is 14.1. The number of aromatic nitrogens is 2. The van der Waals surface area contributed by atoms with Crippen molar-refractivity contribution in [2.24, 2.45) is 0 Å². The molecule has 0 bridgehead atoms. The summed E-state index contributed by atoms with van der Waals surface area (Å²) < 4.78 is 1.10. The zero-order valence-corrected chi connectivity index (χ0v) is 13.2. The van der Waals surface area contributed by atoms with Crippen LogP contribution >= 0.6 is 45.8 Å². The maximum atomic E-state index is 6.24. The lowest BCUT2D eigenvalue weighted by molar-refractivity contribution is 1.23. The lowest BCUT2D eigenvalue weighted by atomic mass is 10.2. The van der Waals surface area contributed by atoms with Crippen molar-refractivity contribution >= 4 is 56.7 Å². The summed E-state index contributed by atoms with van der Waals surface area (Å²) in [6, 6.07) is 13.3. The monoisotopic (exact) mass is 400 g/mol. The van der Waals surface area contributed by atoms with Crippen LogP contribution in [0.5, 0.6) is 0 Å². The average molecular weight is 401 g/mol. The zero-order valence-electron chi connectivity index (χ0n) is 9.57. The minimum absolute atomic E-state index is 0.457. The number of fused-ring (bicyclic) bond motifs is 1. The van der Waals surface area contributed by atoms with E-state index in [-0.39, 0.29) is 0 Å². The van der Waals surface area contributed by atoms with Gasteiger partial charge >= 0.3 is 0 Å². The summed E-state index contributed by atoms with van der Waals surface area (Å²) in [7, 11) is 0. The van der Waals surface area contributed by atoms with E-state index in [4.69, 9.17) is 23.2 Å². The van der Waals surface area contributed by atoms with Crippen molar-refractivity contribution in [3.05, 3.63) is 56.2 Å². The summed E-state index contributed by atoms with van der Waals surface area (Å²) in [5.74, 6) is 0.584. The van der Waals surface area contributed by atoms with Crippen LogP contribution < -0.4 is 0 Å². The van der Waals surface area contributed by atoms with Gasteiger partial charge in [0.05, 0.1) is 5.52 Å². The molecule has 2 nitrogen and oxygen atoms in total. The van der Waals surface area contributed by atoms with Crippen LogP contribution in [-0.4, -0.2) is 9.97 Å². The Morgan fingerprint density at radius 1 is 0.947 bits per heavy atom. The molecule has 0 aliphatic rings. The first kappa shape index (κ1) is 13.1. The maximum Gasteiger partial charge on any atom is 0.161 e. The van der Waals surface area contributed by atoms with Crippen LogP contribution in [0.2, 0.25) is 10.2 Å². The van der Waals surface area contributed by atoms with Gasteiger partial charge in [0, 0.05) is 19.5 Å². The lowest BCUT2D eigenvalue weighted by Gasteiger charge is -2.05. The topological polar surface area (TPSA) is 25.8 Å². The van der Waals surface area contributed by atoms with Gasteiger partial charge in [0.15, 0.2) is 5.82 Å². The third-order valence-electron chi connectivity index (χ3n) is 2.69. The number of nitrogens with zero attached hydrogens (tertiary/aromatic N) is 2. The normalized spacial score (nSPS) is 10.9. The highest BCUT2D eigenvalue weighted by Gasteiger charge is 2.08. The molecule has 0 saturated carbocycles. The van der Waals surface area contributed by atoms with Gasteiger partial charge in [-0.25, -0.2) is 9.97 Å². The summed E-state index contributed by atoms with van der Waals surface area (Å²) >= 11 is 14.5. The number of rotatable bonds is 1. The molecule has 0 saturated heterocycles. The predicted octanol–water partition coefficient (Wildman–Crippen LogP) is 5.21. The molecule has 0 amide bonds. The summed E-state index contributed by atoms with van der Waals surface area (Å²) in [5.41, 5.74) is 1.69. The number of hydrogen-bond donors (Lipinski definition) is 0. The van der Waals surface area contributed by atoms with E-state index >= 15 is 0 Å². The third-order valence-corrected chi connectivity index (χ3v) is 3.89. The third kappa shape index (κ3) is 2.68. The Morgan fingerprint density at radius 3 is 2.58 bits per heavy atom. The molecule has 3 rings (SSSR count). The van der Waals surface area contributed by atoms with E-state index in [2.05, 4.69) is 32.6 Å². The van der Waals surface area contributed by atoms with Crippen LogP contribution in [0.3, 0.4) is 0 Å². The molecule has 94 valence electrons. The fraction of sp³-hybridized carbons (Fsp3) is 0. The zero-order chi connectivity index (χ0) is 13.4. The first-order valence-electron chi connectivity index (χ1n) is 5.52. The van der Waals surface area contributed by atoms with Crippen molar-refractivity contribution in [3.8, 4) is 11.4 Å². The van der Waals surface area contributed by atoms with Gasteiger partial charge in [0.1, 0.15) is 5.15 Å². The molecular formula is C14H7Cl2IN2. The molecule has 0 unspecified atom stereocenters. The average Bonchev–Trinajstić information content (AvgIpc) is 2.39. The van der Waals surface area contributed by atoms with E-state index in [0.29, 0.717) is 16.0 Å². The Labute approximate surface area is 133 Å². The van der Waals surface area contributed by atoms with Gasteiger partial charge in [-0.05, 0) is 52.9 Å². The molecule has 1 heterocycles. The molecule has 0 aliphatic carbocycles. The van der Waals surface area contributed by atoms with Gasteiger partial charge in [-0.2, -0.15) is 0 Å². The summed E-state index contributed by atoms with van der Waals surface area (Å²) in [6.45, 7) is 0. The van der Waals surface area contributed by atoms with Crippen LogP contribution in [0.4, 0.5) is 0 Å². The van der Waals surface area contributed by atoms with Crippen LogP contribution in [0.25, 0.3) is 22.3 Å². The molecule has 2 aromatic carbocycles. The molecule has 0 N–H and O–H groups in total. The van der Waals surface area contributed by atoms with Crippen LogP contribution in [0.1, 0.15) is 0 Å². The van der Waals surface area contributed by atoms with Gasteiger partial charge in [-0.3, -0.25) is 0 Å². The second kappa shape index (κ2) is 5.23. The van der Waals surface area contributed by atoms with E-state index in [1.165, 1.54) is 0 Å². The Kier molecular flexibility index (Phi) is 3.60. The molecule has 1 aromatic heterocycles. The van der Waals surface area contributed by atoms with Gasteiger partial charge < -0.3 is 0 Å². The quantitative estimate of drug-likeness (QED) is 0.414. The summed E-state index contributed by atoms with van der Waals surface area (Å²) in [6.07, 6.45) is 0. The van der Waals surface area contributed by atoms with Crippen molar-refractivity contribution in [1.82, 2.24) is 9.97 Å². The van der Waals surface area contributed by atoms with Gasteiger partial charge in [0.25, 0.3) is 0 Å². The number of hydrogen-bond acceptors (Lipinski definition) is 2. The predicted molar refractivity (Wildman–Crippen MR) is 87.7 cm³/mol. The van der Waals surface area contributed by atoms with E-state index in [1.807, 2.05) is 42.5 Å². The minimum Gasteiger partial charge on any atom is -0.228 e. The molecule has 19 heavy (non-hydrogen) atoms. The van der Waals surface area contributed by atoms with Crippen molar-refractivity contribution in [2.45, 2.75) is 0 Å². The Bertz CT molecular complexity index is 774. The second-order valence-electron chi connectivity index (χ2n) is 4.01. The molecule has 0 fully saturated rings. The molecule has 0 radical (unpaired) electrons. The van der Waals surface area contributed by atoms with Gasteiger partial charge in [-0.15, -0.1) is 0 Å². The van der Waals surface area contributed by atoms with E-state index in [0.717, 1.165) is 20.0 Å². The molecule has 0 atom stereocenters. The van der Waals surface area contributed by atoms with E-state index in [1.54, 1.807) is 0 Å². The van der Waals surface area contributed by atoms with Crippen molar-refractivity contribution in [1.29, 1.82) is 0 Å². The fourth-order valence-corrected chi connectivity index (χ4v) is 2.73. The molecule has 0 aliphatic heterocycles. The Morgan fingerprint density at radius 2 is 1.79 bits per heavy atom. The second-order valence-corrected chi connectivity index (χ2v) is 6.05. The first-order chi connectivity index (χ1) is 9.13.